The number of nitrogens with two attached hydrogens (primary N) is 1. The number of hydrogen-bond donors (Lipinski definition) is 1. The van der Waals surface area contributed by atoms with Crippen molar-refractivity contribution in [2.45, 2.75) is 39.2 Å². The minimum absolute atomic E-state index is 0.0370. The molecule has 1 aromatic carbocycles. The molecule has 0 bridgehead atoms. The zero-order chi connectivity index (χ0) is 21.2. The maximum atomic E-state index is 13.7. The van der Waals surface area contributed by atoms with E-state index in [1.165, 1.54) is 24.4 Å². The lowest BCUT2D eigenvalue weighted by Gasteiger charge is -2.23. The van der Waals surface area contributed by atoms with E-state index in [1.807, 2.05) is 20.8 Å². The number of nitrogens with zero attached hydrogens (tertiary/aromatic N) is 2. The molecule has 4 nitrogen and oxygen atoms in total. The van der Waals surface area contributed by atoms with Crippen molar-refractivity contribution in [1.82, 2.24) is 9.97 Å². The summed E-state index contributed by atoms with van der Waals surface area (Å²) in [5.74, 6) is -0.306. The number of rotatable bonds is 7. The molecular weight excluding hydrogens is 379 g/mol. The molecule has 0 radical (unpaired) electrons. The Morgan fingerprint density at radius 3 is 2.59 bits per heavy atom. The second-order valence-corrected chi connectivity index (χ2v) is 8.04. The average molecular weight is 403 g/mol. The highest BCUT2D eigenvalue weighted by Gasteiger charge is 2.20. The van der Waals surface area contributed by atoms with E-state index in [2.05, 4.69) is 9.97 Å². The lowest BCUT2D eigenvalue weighted by molar-refractivity contribution is 0.142. The van der Waals surface area contributed by atoms with Crippen molar-refractivity contribution >= 4 is 10.9 Å². The van der Waals surface area contributed by atoms with Crippen molar-refractivity contribution in [3.05, 3.63) is 54.1 Å². The standard InChI is InChI=1S/C22H24F3N3O/c1-13(10-22(2,3)26)12-29-20-11-28-19(9-17(20)21(24)25)15-6-7-27-18-5-4-14(23)8-16(15)18/h4-9,11,13,21H,10,12,26H2,1-3H3/t13-/m0/s1. The molecule has 2 heterocycles. The molecule has 29 heavy (non-hydrogen) atoms. The molecule has 0 amide bonds. The highest BCUT2D eigenvalue weighted by Crippen LogP contribution is 2.34. The second kappa shape index (κ2) is 8.37. The molecule has 0 aliphatic rings. The van der Waals surface area contributed by atoms with Crippen LogP contribution in [-0.4, -0.2) is 22.1 Å². The number of benzene rings is 1. The van der Waals surface area contributed by atoms with Gasteiger partial charge in [-0.2, -0.15) is 0 Å². The van der Waals surface area contributed by atoms with E-state index in [9.17, 15) is 13.2 Å². The van der Waals surface area contributed by atoms with Gasteiger partial charge in [-0.15, -0.1) is 0 Å². The Kier molecular flexibility index (Phi) is 6.07. The number of aromatic nitrogens is 2. The van der Waals surface area contributed by atoms with E-state index in [0.29, 0.717) is 28.6 Å². The molecule has 0 fully saturated rings. The second-order valence-electron chi connectivity index (χ2n) is 8.04. The average Bonchev–Trinajstić information content (AvgIpc) is 2.64. The molecule has 0 unspecified atom stereocenters. The first-order valence-corrected chi connectivity index (χ1v) is 9.38. The number of pyridine rings is 2. The molecule has 1 atom stereocenters. The van der Waals surface area contributed by atoms with Gasteiger partial charge in [-0.1, -0.05) is 6.92 Å². The summed E-state index contributed by atoms with van der Waals surface area (Å²) in [5, 5.41) is 0.507. The van der Waals surface area contributed by atoms with Crippen LogP contribution in [-0.2, 0) is 0 Å². The van der Waals surface area contributed by atoms with Gasteiger partial charge < -0.3 is 10.5 Å². The third kappa shape index (κ3) is 5.23. The van der Waals surface area contributed by atoms with Gasteiger partial charge in [0.15, 0.2) is 0 Å². The summed E-state index contributed by atoms with van der Waals surface area (Å²) in [6.07, 6.45) is 0.789. The van der Waals surface area contributed by atoms with Crippen LogP contribution in [0, 0.1) is 11.7 Å². The van der Waals surface area contributed by atoms with Crippen molar-refractivity contribution in [2.75, 3.05) is 6.61 Å². The first-order chi connectivity index (χ1) is 13.6. The Morgan fingerprint density at radius 2 is 1.90 bits per heavy atom. The minimum atomic E-state index is -2.74. The van der Waals surface area contributed by atoms with Crippen LogP contribution in [0.25, 0.3) is 22.2 Å². The van der Waals surface area contributed by atoms with Crippen LogP contribution in [0.1, 0.15) is 39.2 Å². The molecule has 3 aromatic rings. The lowest BCUT2D eigenvalue weighted by Crippen LogP contribution is -2.35. The Bertz CT molecular complexity index is 1000. The van der Waals surface area contributed by atoms with Gasteiger partial charge in [0.2, 0.25) is 0 Å². The summed E-state index contributed by atoms with van der Waals surface area (Å²) in [7, 11) is 0. The molecular formula is C22H24F3N3O. The third-order valence-corrected chi connectivity index (χ3v) is 4.51. The van der Waals surface area contributed by atoms with E-state index < -0.39 is 12.2 Å². The van der Waals surface area contributed by atoms with Crippen LogP contribution in [0.15, 0.2) is 42.7 Å². The van der Waals surface area contributed by atoms with Crippen molar-refractivity contribution < 1.29 is 17.9 Å². The summed E-state index contributed by atoms with van der Waals surface area (Å²) >= 11 is 0. The number of hydrogen-bond acceptors (Lipinski definition) is 4. The summed E-state index contributed by atoms with van der Waals surface area (Å²) in [6.45, 7) is 6.03. The van der Waals surface area contributed by atoms with Crippen LogP contribution in [0.5, 0.6) is 5.75 Å². The summed E-state index contributed by atoms with van der Waals surface area (Å²) < 4.78 is 46.7. The molecule has 3 rings (SSSR count). The Hall–Kier alpha value is -2.67. The van der Waals surface area contributed by atoms with E-state index in [4.69, 9.17) is 10.5 Å². The van der Waals surface area contributed by atoms with Crippen LogP contribution in [0.4, 0.5) is 13.2 Å². The first-order valence-electron chi connectivity index (χ1n) is 9.38. The molecule has 7 heteroatoms. The van der Waals surface area contributed by atoms with Gasteiger partial charge in [0.25, 0.3) is 6.43 Å². The van der Waals surface area contributed by atoms with E-state index in [1.54, 1.807) is 18.3 Å². The smallest absolute Gasteiger partial charge is 0.267 e. The third-order valence-electron chi connectivity index (χ3n) is 4.51. The van der Waals surface area contributed by atoms with Crippen molar-refractivity contribution in [3.63, 3.8) is 0 Å². The largest absolute Gasteiger partial charge is 0.491 e. The van der Waals surface area contributed by atoms with Crippen LogP contribution in [0.3, 0.4) is 0 Å². The van der Waals surface area contributed by atoms with Gasteiger partial charge in [0.05, 0.1) is 29.6 Å². The Balaban J connectivity index is 1.92. The lowest BCUT2D eigenvalue weighted by atomic mass is 9.93. The zero-order valence-electron chi connectivity index (χ0n) is 16.6. The molecule has 2 N–H and O–H groups in total. The predicted molar refractivity (Wildman–Crippen MR) is 107 cm³/mol. The van der Waals surface area contributed by atoms with E-state index >= 15 is 0 Å². The van der Waals surface area contributed by atoms with Crippen LogP contribution >= 0.6 is 0 Å². The fraction of sp³-hybridized carbons (Fsp3) is 0.364. The number of ether oxygens (including phenoxy) is 1. The summed E-state index contributed by atoms with van der Waals surface area (Å²) in [6, 6.07) is 7.09. The number of halogens is 3. The fourth-order valence-corrected chi connectivity index (χ4v) is 3.43. The van der Waals surface area contributed by atoms with Crippen LogP contribution in [0.2, 0.25) is 0 Å². The topological polar surface area (TPSA) is 61.0 Å². The van der Waals surface area contributed by atoms with Crippen LogP contribution < -0.4 is 10.5 Å². The molecule has 2 aromatic heterocycles. The first kappa shape index (κ1) is 21.0. The summed E-state index contributed by atoms with van der Waals surface area (Å²) in [5.41, 5.74) is 6.78. The quantitative estimate of drug-likeness (QED) is 0.565. The maximum Gasteiger partial charge on any atom is 0.267 e. The molecule has 0 saturated heterocycles. The van der Waals surface area contributed by atoms with E-state index in [0.717, 1.165) is 0 Å². The Labute approximate surface area is 167 Å². The highest BCUT2D eigenvalue weighted by molar-refractivity contribution is 5.93. The SMILES string of the molecule is C[C@H](COc1cnc(-c2ccnc3ccc(F)cc23)cc1C(F)F)CC(C)(C)N. The van der Waals surface area contributed by atoms with Crippen molar-refractivity contribution in [1.29, 1.82) is 0 Å². The monoisotopic (exact) mass is 403 g/mol. The number of fused-ring (bicyclic) bond motifs is 1. The van der Waals surface area contributed by atoms with Crippen molar-refractivity contribution in [3.8, 4) is 17.0 Å². The van der Waals surface area contributed by atoms with E-state index in [-0.39, 0.29) is 29.4 Å². The minimum Gasteiger partial charge on any atom is -0.491 e. The maximum absolute atomic E-state index is 13.7. The number of alkyl halides is 2. The van der Waals surface area contributed by atoms with Gasteiger partial charge >= 0.3 is 0 Å². The fourth-order valence-electron chi connectivity index (χ4n) is 3.43. The molecule has 0 aliphatic carbocycles. The predicted octanol–water partition coefficient (Wildman–Crippen LogP) is 5.52. The molecule has 0 aliphatic heterocycles. The Morgan fingerprint density at radius 1 is 1.14 bits per heavy atom. The highest BCUT2D eigenvalue weighted by atomic mass is 19.3. The van der Waals surface area contributed by atoms with Crippen molar-refractivity contribution in [2.24, 2.45) is 11.7 Å². The van der Waals surface area contributed by atoms with Gasteiger partial charge in [-0.25, -0.2) is 13.2 Å². The molecule has 154 valence electrons. The van der Waals surface area contributed by atoms with Gasteiger partial charge in [0.1, 0.15) is 11.6 Å². The van der Waals surface area contributed by atoms with Gasteiger partial charge in [0, 0.05) is 22.7 Å². The molecule has 0 saturated carbocycles. The zero-order valence-corrected chi connectivity index (χ0v) is 16.6. The normalized spacial score (nSPS) is 13.1. The summed E-state index contributed by atoms with van der Waals surface area (Å²) in [4.78, 5) is 8.48. The molecule has 0 spiro atoms. The van der Waals surface area contributed by atoms with Gasteiger partial charge in [-0.05, 0) is 56.5 Å². The van der Waals surface area contributed by atoms with Gasteiger partial charge in [-0.3, -0.25) is 9.97 Å².